The first-order valence-corrected chi connectivity index (χ1v) is 7.77. The quantitative estimate of drug-likeness (QED) is 0.698. The molecule has 0 unspecified atom stereocenters. The lowest BCUT2D eigenvalue weighted by molar-refractivity contribution is 0.340. The molecule has 0 fully saturated rings. The summed E-state index contributed by atoms with van der Waals surface area (Å²) in [6.45, 7) is 3.11. The van der Waals surface area contributed by atoms with E-state index in [0.29, 0.717) is 24.5 Å². The molecule has 0 atom stereocenters. The van der Waals surface area contributed by atoms with Crippen LogP contribution in [0.1, 0.15) is 12.5 Å². The van der Waals surface area contributed by atoms with Gasteiger partial charge in [-0.3, -0.25) is 0 Å². The molecule has 5 heteroatoms. The summed E-state index contributed by atoms with van der Waals surface area (Å²) in [4.78, 5) is 11.8. The minimum Gasteiger partial charge on any atom is -0.497 e. The van der Waals surface area contributed by atoms with E-state index in [4.69, 9.17) is 13.9 Å². The van der Waals surface area contributed by atoms with Gasteiger partial charge in [-0.15, -0.1) is 0 Å². The Morgan fingerprint density at radius 3 is 2.50 bits per heavy atom. The van der Waals surface area contributed by atoms with Crippen molar-refractivity contribution < 1.29 is 13.9 Å². The van der Waals surface area contributed by atoms with Crippen molar-refractivity contribution in [3.63, 3.8) is 0 Å². The van der Waals surface area contributed by atoms with E-state index in [-0.39, 0.29) is 5.63 Å². The van der Waals surface area contributed by atoms with E-state index < -0.39 is 0 Å². The predicted octanol–water partition coefficient (Wildman–Crippen LogP) is 3.81. The number of nitrogens with one attached hydrogen (secondary N) is 1. The summed E-state index contributed by atoms with van der Waals surface area (Å²) in [7, 11) is 1.58. The Labute approximate surface area is 139 Å². The molecule has 0 saturated heterocycles. The molecule has 5 nitrogen and oxygen atoms in total. The Hall–Kier alpha value is -2.95. The number of hydrogen-bond donors (Lipinski definition) is 1. The zero-order valence-electron chi connectivity index (χ0n) is 13.7. The average molecular weight is 325 g/mol. The minimum absolute atomic E-state index is 0.376. The summed E-state index contributed by atoms with van der Waals surface area (Å²) in [6, 6.07) is 14.7. The first-order valence-electron chi connectivity index (χ1n) is 7.77. The van der Waals surface area contributed by atoms with Crippen LogP contribution in [-0.4, -0.2) is 13.7 Å². The highest BCUT2D eigenvalue weighted by Gasteiger charge is 2.07. The van der Waals surface area contributed by atoms with Gasteiger partial charge in [-0.25, -0.2) is 4.79 Å². The molecule has 1 aromatic heterocycles. The molecule has 0 spiro atoms. The van der Waals surface area contributed by atoms with E-state index in [1.54, 1.807) is 13.2 Å². The molecule has 0 amide bonds. The molecule has 0 saturated carbocycles. The van der Waals surface area contributed by atoms with Crippen molar-refractivity contribution in [3.8, 4) is 11.5 Å². The first-order chi connectivity index (χ1) is 11.7. The molecule has 0 aliphatic rings. The zero-order chi connectivity index (χ0) is 16.9. The van der Waals surface area contributed by atoms with E-state index >= 15 is 0 Å². The lowest BCUT2D eigenvalue weighted by Gasteiger charge is -2.10. The summed E-state index contributed by atoms with van der Waals surface area (Å²) in [5, 5.41) is 4.19. The van der Waals surface area contributed by atoms with Crippen LogP contribution in [0.5, 0.6) is 11.5 Å². The van der Waals surface area contributed by atoms with Crippen molar-refractivity contribution in [1.29, 1.82) is 0 Å². The second-order valence-electron chi connectivity index (χ2n) is 5.26. The molecule has 0 radical (unpaired) electrons. The van der Waals surface area contributed by atoms with Gasteiger partial charge in [0, 0.05) is 29.8 Å². The third-order valence-electron chi connectivity index (χ3n) is 3.69. The molecule has 124 valence electrons. The fraction of sp³-hybridized carbons (Fsp3) is 0.211. The Kier molecular flexibility index (Phi) is 4.70. The summed E-state index contributed by atoms with van der Waals surface area (Å²) in [6.07, 6.45) is 0. The summed E-state index contributed by atoms with van der Waals surface area (Å²) in [5.41, 5.74) is 1.97. The van der Waals surface area contributed by atoms with Gasteiger partial charge in [0.2, 0.25) is 0 Å². The molecule has 0 bridgehead atoms. The number of ether oxygens (including phenoxy) is 2. The lowest BCUT2D eigenvalue weighted by atomic mass is 10.1. The van der Waals surface area contributed by atoms with Gasteiger partial charge in [-0.1, -0.05) is 0 Å². The van der Waals surface area contributed by atoms with Crippen LogP contribution in [0.15, 0.2) is 57.7 Å². The third-order valence-corrected chi connectivity index (χ3v) is 3.69. The van der Waals surface area contributed by atoms with Gasteiger partial charge < -0.3 is 19.2 Å². The highest BCUT2D eigenvalue weighted by atomic mass is 16.5. The number of anilines is 1. The van der Waals surface area contributed by atoms with Crippen molar-refractivity contribution in [2.45, 2.75) is 13.5 Å². The van der Waals surface area contributed by atoms with Crippen LogP contribution in [0.3, 0.4) is 0 Å². The minimum atomic E-state index is -0.376. The average Bonchev–Trinajstić information content (AvgIpc) is 2.60. The van der Waals surface area contributed by atoms with Crippen LogP contribution in [0.4, 0.5) is 5.69 Å². The fourth-order valence-electron chi connectivity index (χ4n) is 2.52. The van der Waals surface area contributed by atoms with E-state index in [1.807, 2.05) is 43.3 Å². The maximum atomic E-state index is 11.8. The van der Waals surface area contributed by atoms with Gasteiger partial charge >= 0.3 is 5.63 Å². The Balaban J connectivity index is 1.83. The molecule has 0 aliphatic carbocycles. The molecule has 24 heavy (non-hydrogen) atoms. The number of methoxy groups -OCH3 is 1. The van der Waals surface area contributed by atoms with E-state index in [1.165, 1.54) is 6.07 Å². The maximum Gasteiger partial charge on any atom is 0.336 e. The Morgan fingerprint density at radius 2 is 1.79 bits per heavy atom. The van der Waals surface area contributed by atoms with Gasteiger partial charge in [0.15, 0.2) is 0 Å². The van der Waals surface area contributed by atoms with E-state index in [0.717, 1.165) is 22.4 Å². The zero-order valence-corrected chi connectivity index (χ0v) is 13.7. The van der Waals surface area contributed by atoms with Crippen molar-refractivity contribution in [1.82, 2.24) is 0 Å². The highest BCUT2D eigenvalue weighted by molar-refractivity contribution is 5.81. The van der Waals surface area contributed by atoms with Crippen LogP contribution < -0.4 is 20.4 Å². The van der Waals surface area contributed by atoms with E-state index in [2.05, 4.69) is 5.32 Å². The number of benzene rings is 2. The van der Waals surface area contributed by atoms with Gasteiger partial charge in [-0.2, -0.15) is 0 Å². The molecule has 2 aromatic carbocycles. The molecule has 0 aliphatic heterocycles. The number of hydrogen-bond acceptors (Lipinski definition) is 5. The fourth-order valence-corrected chi connectivity index (χ4v) is 2.52. The maximum absolute atomic E-state index is 11.8. The van der Waals surface area contributed by atoms with Crippen molar-refractivity contribution in [3.05, 3.63) is 64.5 Å². The van der Waals surface area contributed by atoms with Crippen LogP contribution in [0, 0.1) is 0 Å². The Morgan fingerprint density at radius 1 is 1.04 bits per heavy atom. The summed E-state index contributed by atoms with van der Waals surface area (Å²) >= 11 is 0. The van der Waals surface area contributed by atoms with E-state index in [9.17, 15) is 4.79 Å². The Bertz CT molecular complexity index is 884. The predicted molar refractivity (Wildman–Crippen MR) is 94.0 cm³/mol. The number of fused-ring (bicyclic) bond motifs is 1. The molecular weight excluding hydrogens is 306 g/mol. The third kappa shape index (κ3) is 3.51. The molecule has 3 rings (SSSR count). The van der Waals surface area contributed by atoms with Gasteiger partial charge in [-0.05, 0) is 48.9 Å². The molecule has 1 N–H and O–H groups in total. The topological polar surface area (TPSA) is 60.7 Å². The van der Waals surface area contributed by atoms with Crippen LogP contribution in [0.2, 0.25) is 0 Å². The largest absolute Gasteiger partial charge is 0.497 e. The molecule has 3 aromatic rings. The van der Waals surface area contributed by atoms with Crippen molar-refractivity contribution in [2.24, 2.45) is 0 Å². The van der Waals surface area contributed by atoms with Crippen LogP contribution in [-0.2, 0) is 6.54 Å². The lowest BCUT2D eigenvalue weighted by Crippen LogP contribution is -2.06. The SMILES string of the molecule is CCOc1ccc(NCc2cc(=O)oc3cc(OC)ccc23)cc1. The van der Waals surface area contributed by atoms with Crippen molar-refractivity contribution >= 4 is 16.7 Å². The number of rotatable bonds is 6. The molecular formula is C19H19NO4. The first kappa shape index (κ1) is 15.9. The second-order valence-corrected chi connectivity index (χ2v) is 5.26. The monoisotopic (exact) mass is 325 g/mol. The summed E-state index contributed by atoms with van der Waals surface area (Å²) < 4.78 is 15.9. The smallest absolute Gasteiger partial charge is 0.336 e. The van der Waals surface area contributed by atoms with Gasteiger partial charge in [0.05, 0.1) is 13.7 Å². The summed E-state index contributed by atoms with van der Waals surface area (Å²) in [5.74, 6) is 1.49. The van der Waals surface area contributed by atoms with Gasteiger partial charge in [0.25, 0.3) is 0 Å². The highest BCUT2D eigenvalue weighted by Crippen LogP contribution is 2.23. The van der Waals surface area contributed by atoms with Crippen LogP contribution in [0.25, 0.3) is 11.0 Å². The van der Waals surface area contributed by atoms with Crippen LogP contribution >= 0.6 is 0 Å². The van der Waals surface area contributed by atoms with Crippen molar-refractivity contribution in [2.75, 3.05) is 19.0 Å². The standard InChI is InChI=1S/C19H19NO4/c1-3-23-15-6-4-14(5-7-15)20-12-13-10-19(21)24-18-11-16(22-2)8-9-17(13)18/h4-11,20H,3,12H2,1-2H3. The van der Waals surface area contributed by atoms with Gasteiger partial charge in [0.1, 0.15) is 17.1 Å². The normalized spacial score (nSPS) is 10.6. The molecule has 1 heterocycles. The second kappa shape index (κ2) is 7.08.